The molecule has 1 heteroatoms. The van der Waals surface area contributed by atoms with E-state index in [0.717, 1.165) is 0 Å². The molecule has 0 aliphatic carbocycles. The number of rotatable bonds is 2. The van der Waals surface area contributed by atoms with Gasteiger partial charge in [0.05, 0.1) is 0 Å². The van der Waals surface area contributed by atoms with E-state index >= 15 is 0 Å². The van der Waals surface area contributed by atoms with E-state index in [-0.39, 0.29) is 0 Å². The molecule has 64 valence electrons. The zero-order valence-electron chi connectivity index (χ0n) is 8.02. The fourth-order valence-corrected chi connectivity index (χ4v) is 0.331. The average Bonchev–Trinajstić information content (AvgIpc) is 2.04. The van der Waals surface area contributed by atoms with Gasteiger partial charge in [-0.15, -0.1) is 0 Å². The highest BCUT2D eigenvalue weighted by Gasteiger charge is 1.75. The van der Waals surface area contributed by atoms with Crippen molar-refractivity contribution in [2.45, 2.75) is 27.7 Å². The molecule has 0 rings (SSSR count). The molecule has 0 saturated heterocycles. The summed E-state index contributed by atoms with van der Waals surface area (Å²) in [5, 5.41) is 0. The van der Waals surface area contributed by atoms with E-state index in [1.165, 1.54) is 5.57 Å². The maximum absolute atomic E-state index is 5.42. The average molecular weight is 153 g/mol. The molecule has 0 radical (unpaired) electrons. The lowest BCUT2D eigenvalue weighted by Gasteiger charge is -1.86. The first-order valence-electron chi connectivity index (χ1n) is 3.90. The first kappa shape index (κ1) is 12.7. The molecule has 0 bridgehead atoms. The first-order valence-corrected chi connectivity index (χ1v) is 3.90. The zero-order valence-corrected chi connectivity index (χ0v) is 8.02. The molecule has 0 aliphatic heterocycles. The van der Waals surface area contributed by atoms with Gasteiger partial charge in [-0.05, 0) is 26.0 Å². The number of hydrogen-bond donors (Lipinski definition) is 1. The van der Waals surface area contributed by atoms with Crippen LogP contribution in [-0.2, 0) is 0 Å². The van der Waals surface area contributed by atoms with E-state index < -0.39 is 0 Å². The Morgan fingerprint density at radius 2 is 1.64 bits per heavy atom. The van der Waals surface area contributed by atoms with Gasteiger partial charge in [0.25, 0.3) is 0 Å². The van der Waals surface area contributed by atoms with Crippen LogP contribution >= 0.6 is 0 Å². The summed E-state index contributed by atoms with van der Waals surface area (Å²) < 4.78 is 0. The molecule has 11 heavy (non-hydrogen) atoms. The lowest BCUT2D eigenvalue weighted by Crippen LogP contribution is -1.89. The molecule has 0 spiro atoms. The molecule has 2 N–H and O–H groups in total. The van der Waals surface area contributed by atoms with Crippen LogP contribution in [0.25, 0.3) is 0 Å². The van der Waals surface area contributed by atoms with Gasteiger partial charge in [-0.1, -0.05) is 32.1 Å². The van der Waals surface area contributed by atoms with Crippen LogP contribution in [0.5, 0.6) is 0 Å². The molecule has 0 aromatic rings. The Labute approximate surface area is 70.3 Å². The molecule has 0 aromatic carbocycles. The summed E-state index contributed by atoms with van der Waals surface area (Å²) in [6, 6.07) is 0. The Morgan fingerprint density at radius 3 is 1.91 bits per heavy atom. The molecule has 0 aromatic heterocycles. The van der Waals surface area contributed by atoms with E-state index in [1.807, 2.05) is 39.8 Å². The summed E-state index contributed by atoms with van der Waals surface area (Å²) in [5.41, 5.74) is 7.36. The van der Waals surface area contributed by atoms with E-state index in [0.29, 0.717) is 5.70 Å². The summed E-state index contributed by atoms with van der Waals surface area (Å²) in [5.74, 6) is 0. The fourth-order valence-electron chi connectivity index (χ4n) is 0.331. The van der Waals surface area contributed by atoms with Gasteiger partial charge in [0.1, 0.15) is 0 Å². The van der Waals surface area contributed by atoms with Gasteiger partial charge in [-0.2, -0.15) is 0 Å². The van der Waals surface area contributed by atoms with Crippen LogP contribution < -0.4 is 5.73 Å². The van der Waals surface area contributed by atoms with Crippen molar-refractivity contribution in [3.8, 4) is 0 Å². The molecule has 1 nitrogen and oxygen atoms in total. The second-order valence-corrected chi connectivity index (χ2v) is 2.11. The van der Waals surface area contributed by atoms with E-state index in [2.05, 4.69) is 6.58 Å². The van der Waals surface area contributed by atoms with Gasteiger partial charge in [0, 0.05) is 5.70 Å². The lowest BCUT2D eigenvalue weighted by atomic mass is 10.3. The zero-order chi connectivity index (χ0) is 9.28. The van der Waals surface area contributed by atoms with Crippen molar-refractivity contribution in [1.29, 1.82) is 0 Å². The van der Waals surface area contributed by atoms with Gasteiger partial charge in [-0.25, -0.2) is 0 Å². The maximum Gasteiger partial charge on any atom is 0.0308 e. The monoisotopic (exact) mass is 153 g/mol. The van der Waals surface area contributed by atoms with Crippen molar-refractivity contribution >= 4 is 0 Å². The van der Waals surface area contributed by atoms with Crippen molar-refractivity contribution < 1.29 is 0 Å². The Balaban J connectivity index is 0. The van der Waals surface area contributed by atoms with Crippen LogP contribution in [0.3, 0.4) is 0 Å². The third-order valence-electron chi connectivity index (χ3n) is 0.845. The lowest BCUT2D eigenvalue weighted by molar-refractivity contribution is 1.37. The third-order valence-corrected chi connectivity index (χ3v) is 0.845. The van der Waals surface area contributed by atoms with Crippen LogP contribution in [0.1, 0.15) is 27.7 Å². The van der Waals surface area contributed by atoms with Gasteiger partial charge in [0.2, 0.25) is 0 Å². The second kappa shape index (κ2) is 9.02. The topological polar surface area (TPSA) is 26.0 Å². The predicted molar refractivity (Wildman–Crippen MR) is 53.2 cm³/mol. The minimum absolute atomic E-state index is 0.705. The molecular weight excluding hydrogens is 134 g/mol. The van der Waals surface area contributed by atoms with Crippen molar-refractivity contribution in [2.24, 2.45) is 5.73 Å². The Morgan fingerprint density at radius 1 is 1.18 bits per heavy atom. The van der Waals surface area contributed by atoms with Crippen LogP contribution in [-0.4, -0.2) is 0 Å². The van der Waals surface area contributed by atoms with Crippen LogP contribution in [0.2, 0.25) is 0 Å². The normalized spacial score (nSPS) is 9.27. The highest BCUT2D eigenvalue weighted by molar-refractivity contribution is 5.20. The summed E-state index contributed by atoms with van der Waals surface area (Å²) in [4.78, 5) is 0. The molecule has 0 fully saturated rings. The Kier molecular flexibility index (Phi) is 10.4. The van der Waals surface area contributed by atoms with Crippen LogP contribution in [0.15, 0.2) is 36.1 Å². The van der Waals surface area contributed by atoms with Gasteiger partial charge in [0.15, 0.2) is 0 Å². The number of hydrogen-bond acceptors (Lipinski definition) is 1. The fraction of sp³-hybridized carbons (Fsp3) is 0.400. The van der Waals surface area contributed by atoms with Crippen molar-refractivity contribution in [3.05, 3.63) is 36.1 Å². The molecule has 0 atom stereocenters. The smallest absolute Gasteiger partial charge is 0.0308 e. The summed E-state index contributed by atoms with van der Waals surface area (Å²) in [7, 11) is 0. The standard InChI is InChI=1S/C8H13N.C2H6/c1-4-8(9)6-5-7(2)3;1-2/h4-6H,1,9H2,2-3H3;1-2H3/b8-6+;. The molecule has 0 unspecified atom stereocenters. The number of nitrogens with two attached hydrogens (primary N) is 1. The molecule has 0 saturated carbocycles. The summed E-state index contributed by atoms with van der Waals surface area (Å²) >= 11 is 0. The first-order chi connectivity index (χ1) is 5.16. The van der Waals surface area contributed by atoms with Crippen molar-refractivity contribution in [2.75, 3.05) is 0 Å². The summed E-state index contributed by atoms with van der Waals surface area (Å²) in [6.07, 6.45) is 5.42. The number of allylic oxidation sites excluding steroid dienone is 4. The minimum atomic E-state index is 0.705. The van der Waals surface area contributed by atoms with Gasteiger partial charge < -0.3 is 5.73 Å². The quantitative estimate of drug-likeness (QED) is 0.606. The second-order valence-electron chi connectivity index (χ2n) is 2.11. The van der Waals surface area contributed by atoms with E-state index in [4.69, 9.17) is 5.73 Å². The van der Waals surface area contributed by atoms with Crippen molar-refractivity contribution in [1.82, 2.24) is 0 Å². The third kappa shape index (κ3) is 12.3. The van der Waals surface area contributed by atoms with Crippen LogP contribution in [0, 0.1) is 0 Å². The van der Waals surface area contributed by atoms with Crippen molar-refractivity contribution in [3.63, 3.8) is 0 Å². The highest BCUT2D eigenvalue weighted by Crippen LogP contribution is 1.91. The van der Waals surface area contributed by atoms with Gasteiger partial charge >= 0.3 is 0 Å². The Bertz CT molecular complexity index is 148. The van der Waals surface area contributed by atoms with Gasteiger partial charge in [-0.3, -0.25) is 0 Å². The molecule has 0 aliphatic rings. The Hall–Kier alpha value is -0.980. The van der Waals surface area contributed by atoms with E-state index in [9.17, 15) is 0 Å². The molecular formula is C10H19N. The molecule has 0 heterocycles. The highest BCUT2D eigenvalue weighted by atomic mass is 14.5. The maximum atomic E-state index is 5.42. The molecule has 0 amide bonds. The summed E-state index contributed by atoms with van der Waals surface area (Å²) in [6.45, 7) is 11.6. The SMILES string of the molecule is C=C/C(N)=C\C=C(C)C.CC. The van der Waals surface area contributed by atoms with Crippen LogP contribution in [0.4, 0.5) is 0 Å². The largest absolute Gasteiger partial charge is 0.399 e. The predicted octanol–water partition coefficient (Wildman–Crippen LogP) is 3.01. The minimum Gasteiger partial charge on any atom is -0.399 e. The van der Waals surface area contributed by atoms with E-state index in [1.54, 1.807) is 6.08 Å².